The molecule has 10 heavy (non-hydrogen) atoms. The highest BCUT2D eigenvalue weighted by molar-refractivity contribution is 6.35. The van der Waals surface area contributed by atoms with Crippen LogP contribution in [0.5, 0.6) is 0 Å². The standard InChI is InChI=1S/C9H20B/c1-4-7-10-8-9(5-2)6-3/h9H,4-8H2,1-3H3. The van der Waals surface area contributed by atoms with Crippen molar-refractivity contribution in [2.75, 3.05) is 0 Å². The minimum atomic E-state index is 0.951. The van der Waals surface area contributed by atoms with Crippen LogP contribution in [-0.2, 0) is 0 Å². The summed E-state index contributed by atoms with van der Waals surface area (Å²) in [5, 5.41) is 0. The smallest absolute Gasteiger partial charge is 0.0806 e. The SMILES string of the molecule is CCC[B]CC(CC)CC. The van der Waals surface area contributed by atoms with Gasteiger partial charge in [0.15, 0.2) is 0 Å². The van der Waals surface area contributed by atoms with Crippen LogP contribution < -0.4 is 0 Å². The second-order valence-corrected chi connectivity index (χ2v) is 3.00. The predicted molar refractivity (Wildman–Crippen MR) is 49.7 cm³/mol. The average Bonchev–Trinajstić information content (AvgIpc) is 1.99. The van der Waals surface area contributed by atoms with Crippen molar-refractivity contribution in [1.82, 2.24) is 0 Å². The van der Waals surface area contributed by atoms with E-state index < -0.39 is 0 Å². The fourth-order valence-corrected chi connectivity index (χ4v) is 1.18. The van der Waals surface area contributed by atoms with Gasteiger partial charge in [0, 0.05) is 0 Å². The van der Waals surface area contributed by atoms with Crippen LogP contribution in [0.15, 0.2) is 0 Å². The first-order valence-corrected chi connectivity index (χ1v) is 4.66. The summed E-state index contributed by atoms with van der Waals surface area (Å²) in [6.45, 7) is 6.81. The zero-order valence-corrected chi connectivity index (χ0v) is 7.69. The summed E-state index contributed by atoms with van der Waals surface area (Å²) in [6, 6.07) is 0. The summed E-state index contributed by atoms with van der Waals surface area (Å²) in [6.07, 6.45) is 6.63. The molecule has 1 radical (unpaired) electrons. The highest BCUT2D eigenvalue weighted by atomic mass is 14.0. The van der Waals surface area contributed by atoms with Crippen LogP contribution in [0.25, 0.3) is 0 Å². The summed E-state index contributed by atoms with van der Waals surface area (Å²) in [7, 11) is 2.44. The molecule has 0 aliphatic heterocycles. The van der Waals surface area contributed by atoms with Crippen molar-refractivity contribution in [3.05, 3.63) is 0 Å². The molecule has 0 aliphatic carbocycles. The number of hydrogen-bond acceptors (Lipinski definition) is 0. The van der Waals surface area contributed by atoms with Gasteiger partial charge in [0.1, 0.15) is 7.28 Å². The van der Waals surface area contributed by atoms with Gasteiger partial charge in [-0.05, 0) is 5.92 Å². The number of hydrogen-bond donors (Lipinski definition) is 0. The topological polar surface area (TPSA) is 0 Å². The summed E-state index contributed by atoms with van der Waals surface area (Å²) >= 11 is 0. The van der Waals surface area contributed by atoms with Gasteiger partial charge in [-0.1, -0.05) is 52.7 Å². The molecule has 0 spiro atoms. The molecule has 0 nitrogen and oxygen atoms in total. The highest BCUT2D eigenvalue weighted by Gasteiger charge is 2.01. The van der Waals surface area contributed by atoms with E-state index >= 15 is 0 Å². The Morgan fingerprint density at radius 3 is 2.10 bits per heavy atom. The highest BCUT2D eigenvalue weighted by Crippen LogP contribution is 2.13. The molecule has 0 unspecified atom stereocenters. The molecule has 0 bridgehead atoms. The molecule has 0 saturated heterocycles. The van der Waals surface area contributed by atoms with Gasteiger partial charge in [-0.25, -0.2) is 0 Å². The summed E-state index contributed by atoms with van der Waals surface area (Å²) in [5.41, 5.74) is 0. The first kappa shape index (κ1) is 10.1. The molecule has 0 saturated carbocycles. The van der Waals surface area contributed by atoms with Gasteiger partial charge in [0.25, 0.3) is 0 Å². The molecule has 0 aromatic carbocycles. The fourth-order valence-electron chi connectivity index (χ4n) is 1.18. The summed E-state index contributed by atoms with van der Waals surface area (Å²) < 4.78 is 0. The van der Waals surface area contributed by atoms with Crippen LogP contribution in [0.3, 0.4) is 0 Å². The monoisotopic (exact) mass is 139 g/mol. The quantitative estimate of drug-likeness (QED) is 0.391. The van der Waals surface area contributed by atoms with E-state index in [0.29, 0.717) is 0 Å². The van der Waals surface area contributed by atoms with E-state index in [2.05, 4.69) is 28.1 Å². The van der Waals surface area contributed by atoms with E-state index in [1.165, 1.54) is 31.9 Å². The van der Waals surface area contributed by atoms with Crippen molar-refractivity contribution in [2.45, 2.75) is 52.7 Å². The molecular weight excluding hydrogens is 119 g/mol. The van der Waals surface area contributed by atoms with E-state index in [-0.39, 0.29) is 0 Å². The first-order valence-electron chi connectivity index (χ1n) is 4.66. The van der Waals surface area contributed by atoms with E-state index in [9.17, 15) is 0 Å². The normalized spacial score (nSPS) is 10.4. The number of rotatable bonds is 6. The van der Waals surface area contributed by atoms with Gasteiger partial charge in [0.2, 0.25) is 0 Å². The van der Waals surface area contributed by atoms with Gasteiger partial charge in [-0.2, -0.15) is 0 Å². The predicted octanol–water partition coefficient (Wildman–Crippen LogP) is 3.37. The Morgan fingerprint density at radius 2 is 1.70 bits per heavy atom. The summed E-state index contributed by atoms with van der Waals surface area (Å²) in [4.78, 5) is 0. The van der Waals surface area contributed by atoms with Gasteiger partial charge in [-0.15, -0.1) is 0 Å². The van der Waals surface area contributed by atoms with E-state index in [4.69, 9.17) is 0 Å². The van der Waals surface area contributed by atoms with Crippen molar-refractivity contribution < 1.29 is 0 Å². The van der Waals surface area contributed by atoms with Crippen LogP contribution in [0.2, 0.25) is 12.6 Å². The molecule has 0 aliphatic rings. The van der Waals surface area contributed by atoms with Crippen LogP contribution in [0.4, 0.5) is 0 Å². The molecule has 0 heterocycles. The fraction of sp³-hybridized carbons (Fsp3) is 1.00. The molecule has 1 heteroatoms. The minimum absolute atomic E-state index is 0.951. The van der Waals surface area contributed by atoms with Gasteiger partial charge >= 0.3 is 0 Å². The Morgan fingerprint density at radius 1 is 1.10 bits per heavy atom. The Hall–Kier alpha value is 0.0649. The second-order valence-electron chi connectivity index (χ2n) is 3.00. The Labute approximate surface area is 66.6 Å². The van der Waals surface area contributed by atoms with Gasteiger partial charge < -0.3 is 0 Å². The zero-order valence-electron chi connectivity index (χ0n) is 7.69. The molecule has 0 rings (SSSR count). The van der Waals surface area contributed by atoms with Crippen LogP contribution >= 0.6 is 0 Å². The van der Waals surface area contributed by atoms with Crippen molar-refractivity contribution in [2.24, 2.45) is 5.92 Å². The second kappa shape index (κ2) is 7.18. The molecule has 59 valence electrons. The minimum Gasteiger partial charge on any atom is -0.0806 e. The molecule has 0 N–H and O–H groups in total. The van der Waals surface area contributed by atoms with Crippen molar-refractivity contribution in [3.8, 4) is 0 Å². The van der Waals surface area contributed by atoms with Crippen LogP contribution in [0, 0.1) is 5.92 Å². The lowest BCUT2D eigenvalue weighted by Crippen LogP contribution is -2.00. The molecule has 0 atom stereocenters. The third kappa shape index (κ3) is 4.90. The third-order valence-electron chi connectivity index (χ3n) is 2.15. The third-order valence-corrected chi connectivity index (χ3v) is 2.15. The molecule has 0 aromatic rings. The van der Waals surface area contributed by atoms with Crippen molar-refractivity contribution in [3.63, 3.8) is 0 Å². The van der Waals surface area contributed by atoms with Crippen molar-refractivity contribution in [1.29, 1.82) is 0 Å². The van der Waals surface area contributed by atoms with Crippen LogP contribution in [-0.4, -0.2) is 7.28 Å². The lowest BCUT2D eigenvalue weighted by molar-refractivity contribution is 0.541. The van der Waals surface area contributed by atoms with Crippen LogP contribution in [0.1, 0.15) is 40.0 Å². The average molecular weight is 139 g/mol. The Kier molecular flexibility index (Phi) is 7.22. The first-order chi connectivity index (χ1) is 4.85. The van der Waals surface area contributed by atoms with Gasteiger partial charge in [0.05, 0.1) is 0 Å². The zero-order chi connectivity index (χ0) is 7.82. The molecule has 0 amide bonds. The van der Waals surface area contributed by atoms with E-state index in [1.807, 2.05) is 0 Å². The van der Waals surface area contributed by atoms with Crippen molar-refractivity contribution >= 4 is 7.28 Å². The maximum absolute atomic E-state index is 2.44. The lowest BCUT2D eigenvalue weighted by atomic mass is 9.65. The molecule has 0 aromatic heterocycles. The van der Waals surface area contributed by atoms with E-state index in [0.717, 1.165) is 5.92 Å². The molecular formula is C9H20B. The lowest BCUT2D eigenvalue weighted by Gasteiger charge is -2.09. The largest absolute Gasteiger partial charge is 0.109 e. The maximum atomic E-state index is 2.44. The van der Waals surface area contributed by atoms with E-state index in [1.54, 1.807) is 0 Å². The Bertz CT molecular complexity index is 57.7. The summed E-state index contributed by atoms with van der Waals surface area (Å²) in [5.74, 6) is 0.951. The maximum Gasteiger partial charge on any atom is 0.109 e. The Balaban J connectivity index is 3.09. The molecule has 0 fully saturated rings. The van der Waals surface area contributed by atoms with Gasteiger partial charge in [-0.3, -0.25) is 0 Å².